The van der Waals surface area contributed by atoms with Crippen molar-refractivity contribution in [2.75, 3.05) is 0 Å². The van der Waals surface area contributed by atoms with Gasteiger partial charge in [-0.15, -0.1) is 0 Å². The number of ether oxygens (including phenoxy) is 1. The van der Waals surface area contributed by atoms with Crippen LogP contribution in [0.3, 0.4) is 0 Å². The van der Waals surface area contributed by atoms with Gasteiger partial charge >= 0.3 is 6.09 Å². The van der Waals surface area contributed by atoms with Crippen LogP contribution in [-0.4, -0.2) is 24.9 Å². The zero-order chi connectivity index (χ0) is 21.0. The van der Waals surface area contributed by atoms with Gasteiger partial charge in [0.05, 0.1) is 17.0 Å². The summed E-state index contributed by atoms with van der Waals surface area (Å²) in [6.07, 6.45) is -0.800. The number of carbonyl (C=O) groups is 1. The van der Waals surface area contributed by atoms with Gasteiger partial charge in [0.2, 0.25) is 0 Å². The number of nitriles is 1. The minimum Gasteiger partial charge on any atom is -0.444 e. The zero-order valence-corrected chi connectivity index (χ0v) is 17.2. The molecule has 0 unspecified atom stereocenters. The van der Waals surface area contributed by atoms with Crippen LogP contribution in [0, 0.1) is 11.3 Å². The predicted octanol–water partition coefficient (Wildman–Crippen LogP) is 4.01. The molecule has 7 heteroatoms. The maximum Gasteiger partial charge on any atom is 0.408 e. The molecule has 0 aliphatic rings. The Labute approximate surface area is 166 Å². The number of hydrogen-bond acceptors (Lipinski definition) is 5. The second kappa shape index (κ2) is 8.03. The number of hydrogen-bond donors (Lipinski definition) is 1. The Bertz CT molecular complexity index is 961. The van der Waals surface area contributed by atoms with Gasteiger partial charge in [-0.05, 0) is 45.4 Å². The lowest BCUT2D eigenvalue weighted by Gasteiger charge is -2.33. The summed E-state index contributed by atoms with van der Waals surface area (Å²) in [5, 5.41) is 12.5. The summed E-state index contributed by atoms with van der Waals surface area (Å²) < 4.78 is 30.0. The van der Waals surface area contributed by atoms with Crippen LogP contribution in [0.2, 0.25) is 0 Å². The molecule has 2 aromatic rings. The predicted molar refractivity (Wildman–Crippen MR) is 106 cm³/mol. The van der Waals surface area contributed by atoms with E-state index < -0.39 is 32.3 Å². The van der Waals surface area contributed by atoms with Gasteiger partial charge in [0.1, 0.15) is 5.60 Å². The normalized spacial score (nSPS) is 15.0. The van der Waals surface area contributed by atoms with E-state index in [2.05, 4.69) is 5.32 Å². The molecule has 2 rings (SSSR count). The highest BCUT2D eigenvalue weighted by molar-refractivity contribution is 7.93. The topological polar surface area (TPSA) is 96.3 Å². The number of sulfone groups is 1. The highest BCUT2D eigenvalue weighted by Crippen LogP contribution is 2.37. The van der Waals surface area contributed by atoms with E-state index in [0.717, 1.165) is 0 Å². The van der Waals surface area contributed by atoms with Crippen molar-refractivity contribution in [3.05, 3.63) is 66.2 Å². The Morgan fingerprint density at radius 2 is 1.50 bits per heavy atom. The molecule has 0 aliphatic heterocycles. The minimum absolute atomic E-state index is 0.00553. The van der Waals surface area contributed by atoms with Crippen LogP contribution in [-0.2, 0) is 14.6 Å². The van der Waals surface area contributed by atoms with Crippen LogP contribution < -0.4 is 5.32 Å². The van der Waals surface area contributed by atoms with Crippen molar-refractivity contribution in [3.8, 4) is 6.07 Å². The second-order valence-electron chi connectivity index (χ2n) is 7.53. The second-order valence-corrected chi connectivity index (χ2v) is 9.85. The third-order valence-corrected chi connectivity index (χ3v) is 6.51. The average molecular weight is 401 g/mol. The van der Waals surface area contributed by atoms with Crippen LogP contribution in [0.1, 0.15) is 39.3 Å². The van der Waals surface area contributed by atoms with Crippen LogP contribution in [0.4, 0.5) is 4.79 Å². The summed E-state index contributed by atoms with van der Waals surface area (Å²) in [7, 11) is -4.12. The van der Waals surface area contributed by atoms with Crippen molar-refractivity contribution in [1.29, 1.82) is 5.26 Å². The summed E-state index contributed by atoms with van der Waals surface area (Å²) in [6, 6.07) is 17.0. The maximum absolute atomic E-state index is 13.4. The molecule has 0 radical (unpaired) electrons. The number of amides is 1. The number of nitrogens with zero attached hydrogens (tertiary/aromatic N) is 1. The molecule has 1 N–H and O–H groups in total. The van der Waals surface area contributed by atoms with Gasteiger partial charge in [-0.2, -0.15) is 5.26 Å². The first-order valence-electron chi connectivity index (χ1n) is 8.76. The van der Waals surface area contributed by atoms with Crippen molar-refractivity contribution >= 4 is 15.9 Å². The maximum atomic E-state index is 13.4. The van der Waals surface area contributed by atoms with E-state index in [-0.39, 0.29) is 4.90 Å². The molecule has 0 heterocycles. The van der Waals surface area contributed by atoms with Crippen molar-refractivity contribution in [2.45, 2.75) is 49.0 Å². The van der Waals surface area contributed by atoms with Crippen LogP contribution >= 0.6 is 0 Å². The highest BCUT2D eigenvalue weighted by Gasteiger charge is 2.49. The monoisotopic (exact) mass is 400 g/mol. The highest BCUT2D eigenvalue weighted by atomic mass is 32.2. The molecule has 28 heavy (non-hydrogen) atoms. The first-order chi connectivity index (χ1) is 13.0. The number of carbonyl (C=O) groups excluding carboxylic acids is 1. The van der Waals surface area contributed by atoms with Crippen molar-refractivity contribution in [3.63, 3.8) is 0 Å². The largest absolute Gasteiger partial charge is 0.444 e. The summed E-state index contributed by atoms with van der Waals surface area (Å²) in [5.74, 6) is 0. The summed E-state index contributed by atoms with van der Waals surface area (Å²) in [4.78, 5) is 12.4. The van der Waals surface area contributed by atoms with Gasteiger partial charge in [0.25, 0.3) is 0 Å². The van der Waals surface area contributed by atoms with Gasteiger partial charge in [-0.25, -0.2) is 13.2 Å². The molecule has 0 saturated carbocycles. The Balaban J connectivity index is 2.57. The van der Waals surface area contributed by atoms with E-state index in [0.29, 0.717) is 5.56 Å². The molecule has 0 saturated heterocycles. The van der Waals surface area contributed by atoms with Gasteiger partial charge in [0, 0.05) is 0 Å². The van der Waals surface area contributed by atoms with Crippen molar-refractivity contribution in [1.82, 2.24) is 5.32 Å². The molecular formula is C21H24N2O4S. The first-order valence-corrected chi connectivity index (χ1v) is 10.2. The molecule has 6 nitrogen and oxygen atoms in total. The third-order valence-electron chi connectivity index (χ3n) is 4.18. The number of benzene rings is 2. The van der Waals surface area contributed by atoms with E-state index in [1.807, 2.05) is 6.07 Å². The quantitative estimate of drug-likeness (QED) is 0.818. The first kappa shape index (κ1) is 21.5. The third kappa shape index (κ3) is 4.52. The van der Waals surface area contributed by atoms with Crippen LogP contribution in [0.25, 0.3) is 0 Å². The Morgan fingerprint density at radius 1 is 1.00 bits per heavy atom. The molecule has 0 bridgehead atoms. The molecule has 2 aromatic carbocycles. The summed E-state index contributed by atoms with van der Waals surface area (Å²) in [6.45, 7) is 6.42. The standard InChI is InChI=1S/C21H24N2O4S/c1-20(2,3)27-19(24)23-18(16-11-7-5-8-12-16)21(4,15-22)28(25,26)17-13-9-6-10-14-17/h5-14,18H,1-4H3,(H,23,24)/t18-,21+/m0/s1. The molecule has 0 aromatic heterocycles. The summed E-state index contributed by atoms with van der Waals surface area (Å²) >= 11 is 0. The number of nitrogens with one attached hydrogen (secondary N) is 1. The Hall–Kier alpha value is -2.85. The van der Waals surface area contributed by atoms with Crippen LogP contribution in [0.15, 0.2) is 65.6 Å². The molecule has 0 spiro atoms. The fourth-order valence-corrected chi connectivity index (χ4v) is 4.36. The van der Waals surface area contributed by atoms with E-state index in [4.69, 9.17) is 4.74 Å². The fraction of sp³-hybridized carbons (Fsp3) is 0.333. The lowest BCUT2D eigenvalue weighted by atomic mass is 9.95. The molecular weight excluding hydrogens is 376 g/mol. The molecule has 1 amide bonds. The zero-order valence-electron chi connectivity index (χ0n) is 16.3. The van der Waals surface area contributed by atoms with Crippen molar-refractivity contribution < 1.29 is 17.9 Å². The smallest absolute Gasteiger partial charge is 0.408 e. The molecule has 0 aliphatic carbocycles. The lowest BCUT2D eigenvalue weighted by molar-refractivity contribution is 0.0497. The lowest BCUT2D eigenvalue weighted by Crippen LogP contribution is -2.49. The van der Waals surface area contributed by atoms with Crippen molar-refractivity contribution in [2.24, 2.45) is 0 Å². The number of rotatable bonds is 5. The number of alkyl carbamates (subject to hydrolysis) is 1. The van der Waals surface area contributed by atoms with E-state index >= 15 is 0 Å². The Morgan fingerprint density at radius 3 is 1.96 bits per heavy atom. The van der Waals surface area contributed by atoms with Gasteiger partial charge in [-0.1, -0.05) is 48.5 Å². The average Bonchev–Trinajstić information content (AvgIpc) is 2.65. The van der Waals surface area contributed by atoms with E-state index in [1.54, 1.807) is 69.3 Å². The van der Waals surface area contributed by atoms with E-state index in [9.17, 15) is 18.5 Å². The SMILES string of the molecule is CC(C)(C)OC(=O)N[C@@H](c1ccccc1)[C@@](C)(C#N)S(=O)(=O)c1ccccc1. The van der Waals surface area contributed by atoms with Gasteiger partial charge in [-0.3, -0.25) is 0 Å². The Kier molecular flexibility index (Phi) is 6.15. The van der Waals surface area contributed by atoms with Gasteiger partial charge < -0.3 is 10.1 Å². The molecule has 2 atom stereocenters. The molecule has 148 valence electrons. The van der Waals surface area contributed by atoms with E-state index in [1.165, 1.54) is 19.1 Å². The van der Waals surface area contributed by atoms with Gasteiger partial charge in [0.15, 0.2) is 14.6 Å². The minimum atomic E-state index is -4.12. The molecule has 0 fully saturated rings. The summed E-state index contributed by atoms with van der Waals surface area (Å²) in [5.41, 5.74) is -0.288. The fourth-order valence-electron chi connectivity index (χ4n) is 2.73. The van der Waals surface area contributed by atoms with Crippen LogP contribution in [0.5, 0.6) is 0 Å².